The molecule has 1 heterocycles. The van der Waals surface area contributed by atoms with Crippen molar-refractivity contribution < 1.29 is 16.9 Å². The maximum Gasteiger partial charge on any atom is 0.213 e. The third kappa shape index (κ3) is 2.18. The number of aromatic nitrogens is 1. The van der Waals surface area contributed by atoms with Crippen LogP contribution in [0.4, 0.5) is 0 Å². The Bertz CT molecular complexity index is 1300. The molecule has 2 aromatic carbocycles. The van der Waals surface area contributed by atoms with Crippen molar-refractivity contribution in [3.8, 4) is 22.4 Å². The molecule has 0 N–H and O–H groups in total. The molecule has 0 fully saturated rings. The van der Waals surface area contributed by atoms with Crippen LogP contribution in [0.25, 0.3) is 22.4 Å². The van der Waals surface area contributed by atoms with Gasteiger partial charge in [-0.1, -0.05) is 44.1 Å². The molecule has 0 amide bonds. The Morgan fingerprint density at radius 1 is 0.880 bits per heavy atom. The molecule has 1 unspecified atom stereocenters. The van der Waals surface area contributed by atoms with E-state index >= 15 is 0 Å². The van der Waals surface area contributed by atoms with Gasteiger partial charge in [0, 0.05) is 34.9 Å². The van der Waals surface area contributed by atoms with Crippen LogP contribution in [-0.4, -0.2) is 0 Å². The summed E-state index contributed by atoms with van der Waals surface area (Å²) in [5.74, 6) is 0. The number of hydrogen-bond acceptors (Lipinski definition) is 0. The number of nitrogens with zero attached hydrogens (tertiary/aromatic N) is 1. The standard InChI is InChI=1S/C24H26N/c1-15-10-13-20(25(6)14-15)22-17(3)11-12-19-23(22)21-16(2)8-7-9-18(21)24(19,4)5/h7-14H,1-6H3/q+1/i1D3,2D3,4D3. The molecule has 0 aliphatic heterocycles. The van der Waals surface area contributed by atoms with E-state index in [-0.39, 0.29) is 11.1 Å². The number of pyridine rings is 1. The first-order valence-electron chi connectivity index (χ1n) is 12.8. The van der Waals surface area contributed by atoms with Crippen LogP contribution in [0.15, 0.2) is 48.7 Å². The van der Waals surface area contributed by atoms with Crippen molar-refractivity contribution in [3.05, 3.63) is 76.5 Å². The van der Waals surface area contributed by atoms with Crippen molar-refractivity contribution >= 4 is 0 Å². The van der Waals surface area contributed by atoms with Gasteiger partial charge in [-0.3, -0.25) is 0 Å². The summed E-state index contributed by atoms with van der Waals surface area (Å²) in [5.41, 5.74) is 3.09. The number of aryl methyl sites for hydroxylation is 4. The highest BCUT2D eigenvalue weighted by atomic mass is 14.9. The predicted molar refractivity (Wildman–Crippen MR) is 105 cm³/mol. The molecule has 1 atom stereocenters. The average Bonchev–Trinajstić information content (AvgIpc) is 2.97. The molecule has 1 aliphatic carbocycles. The molecule has 1 heteroatoms. The van der Waals surface area contributed by atoms with Crippen LogP contribution < -0.4 is 4.57 Å². The van der Waals surface area contributed by atoms with E-state index in [4.69, 9.17) is 12.3 Å². The molecule has 1 aliphatic rings. The van der Waals surface area contributed by atoms with E-state index in [1.807, 2.05) is 13.0 Å². The molecule has 0 saturated carbocycles. The summed E-state index contributed by atoms with van der Waals surface area (Å²) in [4.78, 5) is 0. The second-order valence-corrected chi connectivity index (χ2v) is 6.95. The fourth-order valence-corrected chi connectivity index (χ4v) is 3.96. The SMILES string of the molecule is [2H]C([2H])([2H])c1ccc(-c2c(C)ccc3c2-c2c(C([2H])([2H])[2H])cccc2C3(C)C([2H])([2H])[2H])[n+](C)c1. The number of fused-ring (bicyclic) bond motifs is 3. The molecule has 1 aromatic heterocycles. The molecule has 1 nitrogen and oxygen atoms in total. The summed E-state index contributed by atoms with van der Waals surface area (Å²) in [7, 11) is 1.73. The lowest BCUT2D eigenvalue weighted by Gasteiger charge is -2.22. The Morgan fingerprint density at radius 3 is 2.44 bits per heavy atom. The minimum Gasteiger partial charge on any atom is -0.201 e. The normalized spacial score (nSPS) is 25.0. The van der Waals surface area contributed by atoms with Crippen LogP contribution >= 0.6 is 0 Å². The Labute approximate surface area is 163 Å². The Morgan fingerprint density at radius 2 is 1.72 bits per heavy atom. The molecule has 3 aromatic rings. The highest BCUT2D eigenvalue weighted by Gasteiger charge is 2.39. The first-order chi connectivity index (χ1) is 15.5. The minimum absolute atomic E-state index is 0.104. The maximum atomic E-state index is 8.41. The lowest BCUT2D eigenvalue weighted by atomic mass is 9.81. The summed E-state index contributed by atoms with van der Waals surface area (Å²) < 4.78 is 74.6. The summed E-state index contributed by atoms with van der Waals surface area (Å²) in [6, 6.07) is 11.7. The molecule has 4 rings (SSSR count). The molecule has 0 spiro atoms. The largest absolute Gasteiger partial charge is 0.213 e. The van der Waals surface area contributed by atoms with Crippen LogP contribution in [0.1, 0.15) is 53.9 Å². The van der Waals surface area contributed by atoms with Gasteiger partial charge in [0.15, 0.2) is 6.20 Å². The maximum absolute atomic E-state index is 8.41. The summed E-state index contributed by atoms with van der Waals surface area (Å²) in [6.07, 6.45) is 1.54. The van der Waals surface area contributed by atoms with Gasteiger partial charge >= 0.3 is 0 Å². The second kappa shape index (κ2) is 5.29. The summed E-state index contributed by atoms with van der Waals surface area (Å²) in [5, 5.41) is 0. The van der Waals surface area contributed by atoms with Crippen molar-refractivity contribution in [2.75, 3.05) is 0 Å². The molecule has 126 valence electrons. The topological polar surface area (TPSA) is 3.88 Å². The fraction of sp³-hybridized carbons (Fsp3) is 0.292. The van der Waals surface area contributed by atoms with E-state index in [2.05, 4.69) is 0 Å². The van der Waals surface area contributed by atoms with E-state index in [9.17, 15) is 0 Å². The third-order valence-corrected chi connectivity index (χ3v) is 5.20. The van der Waals surface area contributed by atoms with Crippen molar-refractivity contribution in [3.63, 3.8) is 0 Å². The van der Waals surface area contributed by atoms with Gasteiger partial charge in [0.1, 0.15) is 7.05 Å². The molecule has 0 saturated heterocycles. The second-order valence-electron chi connectivity index (χ2n) is 6.95. The fourth-order valence-electron chi connectivity index (χ4n) is 3.96. The van der Waals surface area contributed by atoms with Crippen molar-refractivity contribution in [1.29, 1.82) is 0 Å². The molecular formula is C24H26N+. The summed E-state index contributed by atoms with van der Waals surface area (Å²) in [6.45, 7) is -3.62. The first-order valence-corrected chi connectivity index (χ1v) is 8.28. The van der Waals surface area contributed by atoms with Gasteiger partial charge in [-0.2, -0.15) is 0 Å². The van der Waals surface area contributed by atoms with Crippen molar-refractivity contribution in [1.82, 2.24) is 0 Å². The van der Waals surface area contributed by atoms with Crippen molar-refractivity contribution in [2.45, 2.75) is 39.8 Å². The van der Waals surface area contributed by atoms with Crippen LogP contribution in [0, 0.1) is 20.6 Å². The van der Waals surface area contributed by atoms with E-state index in [1.165, 1.54) is 18.3 Å². The first kappa shape index (κ1) is 8.80. The van der Waals surface area contributed by atoms with E-state index in [0.717, 1.165) is 5.56 Å². The zero-order valence-corrected chi connectivity index (χ0v) is 14.6. The van der Waals surface area contributed by atoms with Gasteiger partial charge in [0.05, 0.1) is 5.56 Å². The van der Waals surface area contributed by atoms with Gasteiger partial charge in [-0.05, 0) is 54.5 Å². The molecular weight excluding hydrogens is 302 g/mol. The number of benzene rings is 2. The number of rotatable bonds is 1. The van der Waals surface area contributed by atoms with E-state index in [0.29, 0.717) is 33.5 Å². The molecule has 0 radical (unpaired) electrons. The zero-order chi connectivity index (χ0) is 25.4. The van der Waals surface area contributed by atoms with Gasteiger partial charge in [0.25, 0.3) is 0 Å². The minimum atomic E-state index is -2.45. The quantitative estimate of drug-likeness (QED) is 0.523. The zero-order valence-electron chi connectivity index (χ0n) is 23.6. The highest BCUT2D eigenvalue weighted by molar-refractivity contribution is 5.93. The third-order valence-electron chi connectivity index (χ3n) is 5.20. The van der Waals surface area contributed by atoms with Crippen LogP contribution in [0.3, 0.4) is 0 Å². The highest BCUT2D eigenvalue weighted by Crippen LogP contribution is 2.53. The lowest BCUT2D eigenvalue weighted by Crippen LogP contribution is -2.31. The molecule has 0 bridgehead atoms. The van der Waals surface area contributed by atoms with E-state index in [1.54, 1.807) is 42.8 Å². The van der Waals surface area contributed by atoms with Crippen LogP contribution in [-0.2, 0) is 12.5 Å². The molecule has 25 heavy (non-hydrogen) atoms. The predicted octanol–water partition coefficient (Wildman–Crippen LogP) is 5.41. The Hall–Kier alpha value is -2.41. The van der Waals surface area contributed by atoms with Gasteiger partial charge < -0.3 is 0 Å². The summed E-state index contributed by atoms with van der Waals surface area (Å²) >= 11 is 0. The van der Waals surface area contributed by atoms with Gasteiger partial charge in [0.2, 0.25) is 5.69 Å². The number of hydrogen-bond donors (Lipinski definition) is 0. The lowest BCUT2D eigenvalue weighted by molar-refractivity contribution is -0.660. The van der Waals surface area contributed by atoms with Gasteiger partial charge in [-0.25, -0.2) is 4.57 Å². The van der Waals surface area contributed by atoms with Crippen LogP contribution in [0.5, 0.6) is 0 Å². The Kier molecular flexibility index (Phi) is 1.86. The van der Waals surface area contributed by atoms with E-state index < -0.39 is 26.0 Å². The monoisotopic (exact) mass is 337 g/mol. The Balaban J connectivity index is 2.16. The van der Waals surface area contributed by atoms with Crippen molar-refractivity contribution in [2.24, 2.45) is 7.05 Å². The smallest absolute Gasteiger partial charge is 0.201 e. The average molecular weight is 338 g/mol. The van der Waals surface area contributed by atoms with Crippen LogP contribution in [0.2, 0.25) is 0 Å². The van der Waals surface area contributed by atoms with Gasteiger partial charge in [-0.15, -0.1) is 0 Å².